The monoisotopic (exact) mass is 339 g/mol. The van der Waals surface area contributed by atoms with Crippen molar-refractivity contribution in [1.29, 1.82) is 0 Å². The second-order valence-corrected chi connectivity index (χ2v) is 5.06. The molecule has 0 aromatic heterocycles. The number of nitrogens with one attached hydrogen (secondary N) is 2. The van der Waals surface area contributed by atoms with Gasteiger partial charge in [0.2, 0.25) is 0 Å². The number of esters is 1. The summed E-state index contributed by atoms with van der Waals surface area (Å²) in [5.74, 6) is -1.86. The Kier molecular flexibility index (Phi) is 5.53. The van der Waals surface area contributed by atoms with Gasteiger partial charge in [-0.2, -0.15) is 0 Å². The molecule has 1 aliphatic rings. The van der Waals surface area contributed by atoms with Crippen molar-refractivity contribution in [2.45, 2.75) is 0 Å². The number of amides is 4. The van der Waals surface area contributed by atoms with Crippen LogP contribution in [0.3, 0.4) is 0 Å². The van der Waals surface area contributed by atoms with Crippen molar-refractivity contribution in [3.05, 3.63) is 34.9 Å². The Morgan fingerprint density at radius 3 is 2.57 bits per heavy atom. The first-order valence-corrected chi connectivity index (χ1v) is 7.13. The van der Waals surface area contributed by atoms with E-state index in [1.165, 1.54) is 12.1 Å². The Bertz CT molecular complexity index is 632. The molecule has 1 aliphatic heterocycles. The lowest BCUT2D eigenvalue weighted by Gasteiger charge is -2.12. The van der Waals surface area contributed by atoms with Gasteiger partial charge in [-0.05, 0) is 24.3 Å². The van der Waals surface area contributed by atoms with Crippen LogP contribution < -0.4 is 10.6 Å². The van der Waals surface area contributed by atoms with Crippen LogP contribution in [-0.2, 0) is 14.3 Å². The van der Waals surface area contributed by atoms with Gasteiger partial charge in [0.25, 0.3) is 11.8 Å². The average molecular weight is 340 g/mol. The van der Waals surface area contributed by atoms with E-state index in [0.717, 1.165) is 4.90 Å². The molecule has 2 rings (SSSR count). The summed E-state index contributed by atoms with van der Waals surface area (Å²) in [7, 11) is 0. The molecule has 8 nitrogen and oxygen atoms in total. The average Bonchev–Trinajstić information content (AvgIpc) is 2.97. The Morgan fingerprint density at radius 2 is 1.96 bits per heavy atom. The predicted molar refractivity (Wildman–Crippen MR) is 79.9 cm³/mol. The van der Waals surface area contributed by atoms with Crippen LogP contribution in [-0.4, -0.2) is 55.0 Å². The maximum absolute atomic E-state index is 11.8. The number of hydrogen-bond acceptors (Lipinski definition) is 5. The number of ether oxygens (including phenoxy) is 1. The minimum atomic E-state index is -0.778. The lowest BCUT2D eigenvalue weighted by atomic mass is 10.2. The minimum Gasteiger partial charge on any atom is -0.454 e. The van der Waals surface area contributed by atoms with Gasteiger partial charge >= 0.3 is 12.0 Å². The Labute approximate surface area is 136 Å². The molecule has 1 heterocycles. The summed E-state index contributed by atoms with van der Waals surface area (Å²) >= 11 is 5.71. The molecule has 0 aliphatic carbocycles. The fourth-order valence-electron chi connectivity index (χ4n) is 1.84. The highest BCUT2D eigenvalue weighted by atomic mass is 35.5. The molecular formula is C14H14ClN3O5. The molecule has 4 amide bonds. The van der Waals surface area contributed by atoms with Crippen LogP contribution in [0.15, 0.2) is 24.3 Å². The lowest BCUT2D eigenvalue weighted by Crippen LogP contribution is -2.38. The van der Waals surface area contributed by atoms with Gasteiger partial charge in [0, 0.05) is 23.7 Å². The molecule has 0 atom stereocenters. The van der Waals surface area contributed by atoms with Crippen LogP contribution in [0.5, 0.6) is 0 Å². The van der Waals surface area contributed by atoms with E-state index in [1.54, 1.807) is 12.1 Å². The van der Waals surface area contributed by atoms with Gasteiger partial charge in [0.15, 0.2) is 6.61 Å². The number of halogens is 1. The number of urea groups is 1. The van der Waals surface area contributed by atoms with Crippen LogP contribution in [0.25, 0.3) is 0 Å². The SMILES string of the molecule is O=C(CNC(=O)c1ccc(Cl)cc1)OCC(=O)N1CCNC1=O. The van der Waals surface area contributed by atoms with E-state index in [0.29, 0.717) is 17.1 Å². The topological polar surface area (TPSA) is 105 Å². The van der Waals surface area contributed by atoms with Crippen molar-refractivity contribution < 1.29 is 23.9 Å². The Hall–Kier alpha value is -2.61. The van der Waals surface area contributed by atoms with Gasteiger partial charge in [-0.1, -0.05) is 11.6 Å². The molecule has 0 spiro atoms. The van der Waals surface area contributed by atoms with Gasteiger partial charge in [0.05, 0.1) is 0 Å². The van der Waals surface area contributed by atoms with E-state index in [4.69, 9.17) is 16.3 Å². The number of nitrogens with zero attached hydrogens (tertiary/aromatic N) is 1. The van der Waals surface area contributed by atoms with Crippen molar-refractivity contribution in [2.24, 2.45) is 0 Å². The second kappa shape index (κ2) is 7.59. The molecular weight excluding hydrogens is 326 g/mol. The molecule has 0 unspecified atom stereocenters. The summed E-state index contributed by atoms with van der Waals surface area (Å²) in [5, 5.41) is 5.31. The van der Waals surface area contributed by atoms with Crippen LogP contribution in [0, 0.1) is 0 Å². The smallest absolute Gasteiger partial charge is 0.325 e. The van der Waals surface area contributed by atoms with E-state index in [1.807, 2.05) is 0 Å². The quantitative estimate of drug-likeness (QED) is 0.744. The third kappa shape index (κ3) is 4.68. The number of benzene rings is 1. The number of imide groups is 1. The van der Waals surface area contributed by atoms with Crippen molar-refractivity contribution in [3.63, 3.8) is 0 Å². The summed E-state index contributed by atoms with van der Waals surface area (Å²) in [6, 6.07) is 5.61. The molecule has 1 saturated heterocycles. The zero-order chi connectivity index (χ0) is 16.8. The normalized spacial score (nSPS) is 13.4. The molecule has 0 bridgehead atoms. The van der Waals surface area contributed by atoms with E-state index < -0.39 is 30.4 Å². The van der Waals surface area contributed by atoms with Gasteiger partial charge in [-0.25, -0.2) is 4.79 Å². The first-order chi connectivity index (χ1) is 11.0. The van der Waals surface area contributed by atoms with Crippen LogP contribution >= 0.6 is 11.6 Å². The summed E-state index contributed by atoms with van der Waals surface area (Å²) in [6.45, 7) is -0.331. The van der Waals surface area contributed by atoms with E-state index in [9.17, 15) is 19.2 Å². The van der Waals surface area contributed by atoms with E-state index in [-0.39, 0.29) is 13.1 Å². The Morgan fingerprint density at radius 1 is 1.26 bits per heavy atom. The highest BCUT2D eigenvalue weighted by Crippen LogP contribution is 2.09. The second-order valence-electron chi connectivity index (χ2n) is 4.63. The lowest BCUT2D eigenvalue weighted by molar-refractivity contribution is -0.149. The number of rotatable bonds is 5. The fraction of sp³-hybridized carbons (Fsp3) is 0.286. The molecule has 1 aromatic rings. The van der Waals surface area contributed by atoms with Crippen LogP contribution in [0.4, 0.5) is 4.79 Å². The highest BCUT2D eigenvalue weighted by molar-refractivity contribution is 6.30. The van der Waals surface area contributed by atoms with Gasteiger partial charge in [0.1, 0.15) is 6.54 Å². The number of hydrogen-bond donors (Lipinski definition) is 2. The first kappa shape index (κ1) is 16.8. The van der Waals surface area contributed by atoms with Crippen molar-refractivity contribution in [2.75, 3.05) is 26.2 Å². The molecule has 122 valence electrons. The van der Waals surface area contributed by atoms with E-state index in [2.05, 4.69) is 10.6 Å². The maximum atomic E-state index is 11.8. The number of carbonyl (C=O) groups excluding carboxylic acids is 4. The zero-order valence-corrected chi connectivity index (χ0v) is 12.8. The van der Waals surface area contributed by atoms with Crippen molar-refractivity contribution >= 4 is 35.4 Å². The summed E-state index contributed by atoms with van der Waals surface area (Å²) in [4.78, 5) is 47.1. The summed E-state index contributed by atoms with van der Waals surface area (Å²) < 4.78 is 4.72. The third-order valence-corrected chi connectivity index (χ3v) is 3.27. The standard InChI is InChI=1S/C14H14ClN3O5/c15-10-3-1-9(2-4-10)13(21)17-7-12(20)23-8-11(19)18-6-5-16-14(18)22/h1-4H,5-8H2,(H,16,22)(H,17,21). The van der Waals surface area contributed by atoms with Gasteiger partial charge in [-0.3, -0.25) is 19.3 Å². The molecule has 1 fully saturated rings. The maximum Gasteiger partial charge on any atom is 0.325 e. The molecule has 0 saturated carbocycles. The Balaban J connectivity index is 1.72. The molecule has 0 radical (unpaired) electrons. The zero-order valence-electron chi connectivity index (χ0n) is 12.0. The number of carbonyl (C=O) groups is 4. The largest absolute Gasteiger partial charge is 0.454 e. The third-order valence-electron chi connectivity index (χ3n) is 3.01. The van der Waals surface area contributed by atoms with Crippen molar-refractivity contribution in [3.8, 4) is 0 Å². The highest BCUT2D eigenvalue weighted by Gasteiger charge is 2.26. The van der Waals surface area contributed by atoms with Gasteiger partial charge < -0.3 is 15.4 Å². The van der Waals surface area contributed by atoms with Crippen LogP contribution in [0.1, 0.15) is 10.4 Å². The van der Waals surface area contributed by atoms with E-state index >= 15 is 0 Å². The minimum absolute atomic E-state index is 0.239. The molecule has 1 aromatic carbocycles. The first-order valence-electron chi connectivity index (χ1n) is 6.75. The van der Waals surface area contributed by atoms with Gasteiger partial charge in [-0.15, -0.1) is 0 Å². The molecule has 23 heavy (non-hydrogen) atoms. The summed E-state index contributed by atoms with van der Waals surface area (Å²) in [5.41, 5.74) is 0.340. The van der Waals surface area contributed by atoms with Crippen LogP contribution in [0.2, 0.25) is 5.02 Å². The predicted octanol–water partition coefficient (Wildman–Crippen LogP) is 0.165. The molecule has 2 N–H and O–H groups in total. The van der Waals surface area contributed by atoms with Crippen molar-refractivity contribution in [1.82, 2.24) is 15.5 Å². The fourth-order valence-corrected chi connectivity index (χ4v) is 1.96. The summed E-state index contributed by atoms with van der Waals surface area (Å²) in [6.07, 6.45) is 0. The molecule has 9 heteroatoms.